The second-order valence-electron chi connectivity index (χ2n) is 2.47. The molecule has 0 aliphatic carbocycles. The molecule has 0 aliphatic rings. The summed E-state index contributed by atoms with van der Waals surface area (Å²) in [5.41, 5.74) is 0. The normalized spacial score (nSPS) is 9.79. The first-order chi connectivity index (χ1) is 6.72. The molecule has 76 valence electrons. The van der Waals surface area contributed by atoms with E-state index in [1.165, 1.54) is 23.1 Å². The molecule has 0 aromatic carbocycles. The van der Waals surface area contributed by atoms with Crippen LogP contribution in [0.25, 0.3) is 0 Å². The van der Waals surface area contributed by atoms with Crippen LogP contribution >= 0.6 is 23.1 Å². The Hall–Kier alpha value is -0.880. The molecule has 1 aromatic heterocycles. The molecular weight excluding hydrogens is 218 g/mol. The van der Waals surface area contributed by atoms with Gasteiger partial charge in [0, 0.05) is 6.54 Å². The van der Waals surface area contributed by atoms with Crippen molar-refractivity contribution in [2.75, 3.05) is 12.3 Å². The molecule has 1 amide bonds. The Kier molecular flexibility index (Phi) is 4.61. The summed E-state index contributed by atoms with van der Waals surface area (Å²) in [7, 11) is 0. The molecule has 0 saturated carbocycles. The minimum Gasteiger partial charge on any atom is -0.352 e. The van der Waals surface area contributed by atoms with Gasteiger partial charge < -0.3 is 5.32 Å². The highest BCUT2D eigenvalue weighted by molar-refractivity contribution is 8.01. The fraction of sp³-hybridized carbons (Fsp3) is 0.375. The standard InChI is InChI=1S/C8H11N3OS2/c1-3-4-9-7(12)5-13-8-11-10-6(2)14-8/h3H,1,4-5H2,2H3,(H,9,12). The van der Waals surface area contributed by atoms with Crippen LogP contribution < -0.4 is 5.32 Å². The third-order valence-electron chi connectivity index (χ3n) is 1.28. The number of amides is 1. The zero-order chi connectivity index (χ0) is 10.4. The molecule has 0 atom stereocenters. The van der Waals surface area contributed by atoms with Crippen molar-refractivity contribution in [3.05, 3.63) is 17.7 Å². The lowest BCUT2D eigenvalue weighted by Gasteiger charge is -1.98. The highest BCUT2D eigenvalue weighted by Crippen LogP contribution is 2.21. The number of hydrogen-bond donors (Lipinski definition) is 1. The van der Waals surface area contributed by atoms with E-state index in [2.05, 4.69) is 22.1 Å². The maximum absolute atomic E-state index is 11.2. The third kappa shape index (κ3) is 3.89. The molecule has 1 N–H and O–H groups in total. The number of hydrogen-bond acceptors (Lipinski definition) is 5. The molecule has 0 unspecified atom stereocenters. The molecule has 1 rings (SSSR count). The number of aromatic nitrogens is 2. The number of nitrogens with zero attached hydrogens (tertiary/aromatic N) is 2. The molecular formula is C8H11N3OS2. The summed E-state index contributed by atoms with van der Waals surface area (Å²) in [5.74, 6) is 0.366. The zero-order valence-electron chi connectivity index (χ0n) is 7.82. The van der Waals surface area contributed by atoms with E-state index in [-0.39, 0.29) is 5.91 Å². The predicted octanol–water partition coefficient (Wildman–Crippen LogP) is 1.24. The SMILES string of the molecule is C=CCNC(=O)CSc1nnc(C)s1. The van der Waals surface area contributed by atoms with Gasteiger partial charge in [-0.2, -0.15) is 0 Å². The molecule has 0 radical (unpaired) electrons. The fourth-order valence-electron chi connectivity index (χ4n) is 0.701. The smallest absolute Gasteiger partial charge is 0.230 e. The van der Waals surface area contributed by atoms with Crippen LogP contribution in [0.2, 0.25) is 0 Å². The van der Waals surface area contributed by atoms with Crippen molar-refractivity contribution in [3.63, 3.8) is 0 Å². The lowest BCUT2D eigenvalue weighted by molar-refractivity contribution is -0.118. The summed E-state index contributed by atoms with van der Waals surface area (Å²) in [5, 5.41) is 11.4. The summed E-state index contributed by atoms with van der Waals surface area (Å²) in [6.07, 6.45) is 1.65. The monoisotopic (exact) mass is 229 g/mol. The summed E-state index contributed by atoms with van der Waals surface area (Å²) < 4.78 is 0.830. The first-order valence-electron chi connectivity index (χ1n) is 4.03. The Morgan fingerprint density at radius 1 is 1.71 bits per heavy atom. The number of rotatable bonds is 5. The van der Waals surface area contributed by atoms with Crippen LogP contribution in [0.4, 0.5) is 0 Å². The van der Waals surface area contributed by atoms with Crippen LogP contribution in [0, 0.1) is 6.92 Å². The summed E-state index contributed by atoms with van der Waals surface area (Å²) in [6.45, 7) is 5.91. The van der Waals surface area contributed by atoms with Crippen LogP contribution in [0.5, 0.6) is 0 Å². The molecule has 1 heterocycles. The van der Waals surface area contributed by atoms with E-state index in [9.17, 15) is 4.79 Å². The third-order valence-corrected chi connectivity index (χ3v) is 3.25. The second kappa shape index (κ2) is 5.77. The van der Waals surface area contributed by atoms with Crippen molar-refractivity contribution in [1.29, 1.82) is 0 Å². The first kappa shape index (κ1) is 11.2. The lowest BCUT2D eigenvalue weighted by atomic mass is 10.6. The summed E-state index contributed by atoms with van der Waals surface area (Å²) >= 11 is 2.89. The molecule has 0 aliphatic heterocycles. The average molecular weight is 229 g/mol. The maximum atomic E-state index is 11.2. The largest absolute Gasteiger partial charge is 0.352 e. The van der Waals surface area contributed by atoms with Crippen LogP contribution in [0.15, 0.2) is 17.0 Å². The van der Waals surface area contributed by atoms with Crippen molar-refractivity contribution in [2.24, 2.45) is 0 Å². The highest BCUT2D eigenvalue weighted by Gasteiger charge is 2.04. The summed E-state index contributed by atoms with van der Waals surface area (Å²) in [4.78, 5) is 11.2. The number of carbonyl (C=O) groups excluding carboxylic acids is 1. The van der Waals surface area contributed by atoms with Crippen molar-refractivity contribution >= 4 is 29.0 Å². The van der Waals surface area contributed by atoms with Gasteiger partial charge in [-0.15, -0.1) is 16.8 Å². The Balaban J connectivity index is 2.26. The lowest BCUT2D eigenvalue weighted by Crippen LogP contribution is -2.24. The highest BCUT2D eigenvalue weighted by atomic mass is 32.2. The van der Waals surface area contributed by atoms with Crippen LogP contribution in [-0.4, -0.2) is 28.4 Å². The second-order valence-corrected chi connectivity index (χ2v) is 4.87. The molecule has 0 spiro atoms. The van der Waals surface area contributed by atoms with E-state index in [0.29, 0.717) is 12.3 Å². The predicted molar refractivity (Wildman–Crippen MR) is 58.6 cm³/mol. The van der Waals surface area contributed by atoms with E-state index >= 15 is 0 Å². The number of thioether (sulfide) groups is 1. The zero-order valence-corrected chi connectivity index (χ0v) is 9.45. The molecule has 4 nitrogen and oxygen atoms in total. The topological polar surface area (TPSA) is 54.9 Å². The minimum absolute atomic E-state index is 0.0113. The Morgan fingerprint density at radius 3 is 3.07 bits per heavy atom. The van der Waals surface area contributed by atoms with Gasteiger partial charge in [-0.25, -0.2) is 0 Å². The van der Waals surface area contributed by atoms with Crippen molar-refractivity contribution < 1.29 is 4.79 Å². The van der Waals surface area contributed by atoms with Crippen LogP contribution in [0.1, 0.15) is 5.01 Å². The van der Waals surface area contributed by atoms with Gasteiger partial charge in [-0.05, 0) is 6.92 Å². The molecule has 14 heavy (non-hydrogen) atoms. The quantitative estimate of drug-likeness (QED) is 0.609. The molecule has 0 saturated heterocycles. The van der Waals surface area contributed by atoms with E-state index in [4.69, 9.17) is 0 Å². The van der Waals surface area contributed by atoms with Gasteiger partial charge in [0.15, 0.2) is 4.34 Å². The van der Waals surface area contributed by atoms with E-state index < -0.39 is 0 Å². The van der Waals surface area contributed by atoms with Crippen LogP contribution in [0.3, 0.4) is 0 Å². The van der Waals surface area contributed by atoms with E-state index in [0.717, 1.165) is 9.35 Å². The summed E-state index contributed by atoms with van der Waals surface area (Å²) in [6, 6.07) is 0. The van der Waals surface area contributed by atoms with Gasteiger partial charge in [-0.3, -0.25) is 4.79 Å². The van der Waals surface area contributed by atoms with Gasteiger partial charge in [0.1, 0.15) is 5.01 Å². The van der Waals surface area contributed by atoms with Crippen molar-refractivity contribution in [2.45, 2.75) is 11.3 Å². The van der Waals surface area contributed by atoms with E-state index in [1.54, 1.807) is 6.08 Å². The van der Waals surface area contributed by atoms with Gasteiger partial charge in [0.05, 0.1) is 5.75 Å². The average Bonchev–Trinajstić information content (AvgIpc) is 2.58. The van der Waals surface area contributed by atoms with E-state index in [1.807, 2.05) is 6.92 Å². The molecule has 0 bridgehead atoms. The molecule has 0 fully saturated rings. The number of carbonyl (C=O) groups is 1. The Morgan fingerprint density at radius 2 is 2.50 bits per heavy atom. The minimum atomic E-state index is -0.0113. The van der Waals surface area contributed by atoms with Gasteiger partial charge in [-0.1, -0.05) is 29.2 Å². The molecule has 6 heteroatoms. The fourth-order valence-corrected chi connectivity index (χ4v) is 2.35. The van der Waals surface area contributed by atoms with Crippen molar-refractivity contribution in [3.8, 4) is 0 Å². The first-order valence-corrected chi connectivity index (χ1v) is 5.83. The molecule has 1 aromatic rings. The number of nitrogens with one attached hydrogen (secondary N) is 1. The van der Waals surface area contributed by atoms with Gasteiger partial charge in [0.2, 0.25) is 5.91 Å². The van der Waals surface area contributed by atoms with Gasteiger partial charge >= 0.3 is 0 Å². The maximum Gasteiger partial charge on any atom is 0.230 e. The van der Waals surface area contributed by atoms with Crippen molar-refractivity contribution in [1.82, 2.24) is 15.5 Å². The Labute approximate surface area is 90.8 Å². The Bertz CT molecular complexity index is 324. The number of aryl methyl sites for hydroxylation is 1. The van der Waals surface area contributed by atoms with Gasteiger partial charge in [0.25, 0.3) is 0 Å². The van der Waals surface area contributed by atoms with Crippen LogP contribution in [-0.2, 0) is 4.79 Å².